The van der Waals surface area contributed by atoms with E-state index < -0.39 is 4.92 Å². The van der Waals surface area contributed by atoms with Crippen LogP contribution < -0.4 is 9.64 Å². The second kappa shape index (κ2) is 8.73. The number of nitro groups is 1. The van der Waals surface area contributed by atoms with Gasteiger partial charge < -0.3 is 14.5 Å². The van der Waals surface area contributed by atoms with Crippen molar-refractivity contribution in [2.75, 3.05) is 37.7 Å². The molecule has 1 saturated heterocycles. The van der Waals surface area contributed by atoms with Crippen molar-refractivity contribution in [2.24, 2.45) is 0 Å². The highest BCUT2D eigenvalue weighted by Gasteiger charge is 2.22. The fraction of sp³-hybridized carbons (Fsp3) is 0.381. The van der Waals surface area contributed by atoms with Gasteiger partial charge in [-0.25, -0.2) is 0 Å². The zero-order chi connectivity index (χ0) is 20.1. The van der Waals surface area contributed by atoms with Gasteiger partial charge in [-0.05, 0) is 29.7 Å². The summed E-state index contributed by atoms with van der Waals surface area (Å²) in [7, 11) is 0. The molecule has 1 aliphatic heterocycles. The number of hydrogen-bond acceptors (Lipinski definition) is 5. The first kappa shape index (κ1) is 19.7. The summed E-state index contributed by atoms with van der Waals surface area (Å²) in [4.78, 5) is 26.8. The standard InChI is InChI=1S/C21H25N3O4/c1-16(2)19-5-3-4-6-20(19)28-15-21(25)23-13-11-22(12-14-23)17-7-9-18(10-8-17)24(26)27/h3-10,16H,11-15H2,1-2H3. The average Bonchev–Trinajstić information content (AvgIpc) is 2.72. The van der Waals surface area contributed by atoms with E-state index in [1.165, 1.54) is 12.1 Å². The zero-order valence-electron chi connectivity index (χ0n) is 16.2. The Labute approximate surface area is 164 Å². The van der Waals surface area contributed by atoms with Gasteiger partial charge in [0.05, 0.1) is 4.92 Å². The molecule has 1 heterocycles. The Kier molecular flexibility index (Phi) is 6.13. The van der Waals surface area contributed by atoms with E-state index in [2.05, 4.69) is 18.7 Å². The van der Waals surface area contributed by atoms with Crippen LogP contribution in [-0.4, -0.2) is 48.5 Å². The second-order valence-corrected chi connectivity index (χ2v) is 7.12. The van der Waals surface area contributed by atoms with Crippen LogP contribution in [0.25, 0.3) is 0 Å². The lowest BCUT2D eigenvalue weighted by molar-refractivity contribution is -0.384. The average molecular weight is 383 g/mol. The summed E-state index contributed by atoms with van der Waals surface area (Å²) in [5.41, 5.74) is 2.11. The summed E-state index contributed by atoms with van der Waals surface area (Å²) < 4.78 is 5.79. The van der Waals surface area contributed by atoms with Crippen LogP contribution in [0.3, 0.4) is 0 Å². The molecule has 28 heavy (non-hydrogen) atoms. The van der Waals surface area contributed by atoms with Gasteiger partial charge in [-0.1, -0.05) is 32.0 Å². The van der Waals surface area contributed by atoms with E-state index in [4.69, 9.17) is 4.74 Å². The molecule has 1 amide bonds. The number of benzene rings is 2. The minimum Gasteiger partial charge on any atom is -0.483 e. The number of anilines is 1. The van der Waals surface area contributed by atoms with Crippen LogP contribution in [0.15, 0.2) is 48.5 Å². The number of carbonyl (C=O) groups is 1. The highest BCUT2D eigenvalue weighted by atomic mass is 16.6. The fourth-order valence-electron chi connectivity index (χ4n) is 3.32. The maximum Gasteiger partial charge on any atom is 0.269 e. The molecule has 2 aromatic carbocycles. The molecule has 7 heteroatoms. The third-order valence-electron chi connectivity index (χ3n) is 4.95. The first-order chi connectivity index (χ1) is 13.5. The highest BCUT2D eigenvalue weighted by Crippen LogP contribution is 2.26. The minimum atomic E-state index is -0.405. The van der Waals surface area contributed by atoms with Crippen molar-refractivity contribution in [3.05, 3.63) is 64.2 Å². The van der Waals surface area contributed by atoms with Gasteiger partial charge in [0, 0.05) is 44.0 Å². The second-order valence-electron chi connectivity index (χ2n) is 7.12. The van der Waals surface area contributed by atoms with Crippen molar-refractivity contribution >= 4 is 17.3 Å². The van der Waals surface area contributed by atoms with Crippen LogP contribution in [0.4, 0.5) is 11.4 Å². The number of amides is 1. The molecule has 1 aliphatic rings. The Morgan fingerprint density at radius 2 is 1.71 bits per heavy atom. The smallest absolute Gasteiger partial charge is 0.269 e. The summed E-state index contributed by atoms with van der Waals surface area (Å²) in [6, 6.07) is 14.3. The number of para-hydroxylation sites is 1. The van der Waals surface area contributed by atoms with Gasteiger partial charge in [-0.3, -0.25) is 14.9 Å². The summed E-state index contributed by atoms with van der Waals surface area (Å²) in [5.74, 6) is 1.06. The highest BCUT2D eigenvalue weighted by molar-refractivity contribution is 5.78. The molecule has 148 valence electrons. The lowest BCUT2D eigenvalue weighted by Gasteiger charge is -2.36. The number of nitro benzene ring substituents is 1. The molecule has 0 atom stereocenters. The van der Waals surface area contributed by atoms with Crippen molar-refractivity contribution in [1.82, 2.24) is 4.90 Å². The molecule has 7 nitrogen and oxygen atoms in total. The predicted octanol–water partition coefficient (Wildman–Crippen LogP) is 3.45. The first-order valence-corrected chi connectivity index (χ1v) is 9.44. The fourth-order valence-corrected chi connectivity index (χ4v) is 3.32. The molecule has 1 fully saturated rings. The van der Waals surface area contributed by atoms with E-state index in [9.17, 15) is 14.9 Å². The van der Waals surface area contributed by atoms with E-state index in [0.29, 0.717) is 32.1 Å². The maximum atomic E-state index is 12.5. The largest absolute Gasteiger partial charge is 0.483 e. The number of hydrogen-bond donors (Lipinski definition) is 0. The SMILES string of the molecule is CC(C)c1ccccc1OCC(=O)N1CCN(c2ccc([N+](=O)[O-])cc2)CC1. The molecule has 0 N–H and O–H groups in total. The number of rotatable bonds is 6. The van der Waals surface area contributed by atoms with Crippen LogP contribution in [-0.2, 0) is 4.79 Å². The summed E-state index contributed by atoms with van der Waals surface area (Å²) in [6.45, 7) is 6.80. The van der Waals surface area contributed by atoms with Gasteiger partial charge in [0.2, 0.25) is 0 Å². The van der Waals surface area contributed by atoms with Gasteiger partial charge in [0.15, 0.2) is 6.61 Å². The molecule has 2 aromatic rings. The zero-order valence-corrected chi connectivity index (χ0v) is 16.2. The molecule has 3 rings (SSSR count). The summed E-state index contributed by atoms with van der Waals surface area (Å²) in [5, 5.41) is 10.8. The number of non-ortho nitro benzene ring substituents is 1. The monoisotopic (exact) mass is 383 g/mol. The molecule has 0 bridgehead atoms. The van der Waals surface area contributed by atoms with Crippen molar-refractivity contribution in [3.63, 3.8) is 0 Å². The van der Waals surface area contributed by atoms with E-state index >= 15 is 0 Å². The Morgan fingerprint density at radius 3 is 2.32 bits per heavy atom. The number of nitrogens with zero attached hydrogens (tertiary/aromatic N) is 3. The first-order valence-electron chi connectivity index (χ1n) is 9.44. The van der Waals surface area contributed by atoms with Crippen molar-refractivity contribution in [1.29, 1.82) is 0 Å². The topological polar surface area (TPSA) is 75.9 Å². The third kappa shape index (κ3) is 4.60. The maximum absolute atomic E-state index is 12.5. The van der Waals surface area contributed by atoms with Gasteiger partial charge in [-0.2, -0.15) is 0 Å². The predicted molar refractivity (Wildman–Crippen MR) is 108 cm³/mol. The molecular formula is C21H25N3O4. The minimum absolute atomic E-state index is 0.0260. The molecule has 0 radical (unpaired) electrons. The molecule has 0 aromatic heterocycles. The van der Waals surface area contributed by atoms with Crippen LogP contribution in [0.1, 0.15) is 25.3 Å². The lowest BCUT2D eigenvalue weighted by atomic mass is 10.0. The van der Waals surface area contributed by atoms with E-state index in [0.717, 1.165) is 17.0 Å². The van der Waals surface area contributed by atoms with Gasteiger partial charge >= 0.3 is 0 Å². The van der Waals surface area contributed by atoms with Crippen LogP contribution in [0.5, 0.6) is 5.75 Å². The van der Waals surface area contributed by atoms with E-state index in [1.807, 2.05) is 24.3 Å². The molecule has 0 unspecified atom stereocenters. The lowest BCUT2D eigenvalue weighted by Crippen LogP contribution is -2.50. The molecule has 0 aliphatic carbocycles. The summed E-state index contributed by atoms with van der Waals surface area (Å²) in [6.07, 6.45) is 0. The molecule has 0 saturated carbocycles. The Hall–Kier alpha value is -3.09. The van der Waals surface area contributed by atoms with E-state index in [1.54, 1.807) is 17.0 Å². The third-order valence-corrected chi connectivity index (χ3v) is 4.95. The van der Waals surface area contributed by atoms with Crippen molar-refractivity contribution < 1.29 is 14.5 Å². The Bertz CT molecular complexity index is 828. The molecule has 0 spiro atoms. The van der Waals surface area contributed by atoms with Crippen LogP contribution in [0.2, 0.25) is 0 Å². The van der Waals surface area contributed by atoms with Crippen molar-refractivity contribution in [2.45, 2.75) is 19.8 Å². The number of carbonyl (C=O) groups excluding carboxylic acids is 1. The number of piperazine rings is 1. The number of ether oxygens (including phenoxy) is 1. The summed E-state index contributed by atoms with van der Waals surface area (Å²) >= 11 is 0. The molecular weight excluding hydrogens is 358 g/mol. The Balaban J connectivity index is 1.52. The normalized spacial score (nSPS) is 14.2. The van der Waals surface area contributed by atoms with Gasteiger partial charge in [0.25, 0.3) is 11.6 Å². The quantitative estimate of drug-likeness (QED) is 0.564. The van der Waals surface area contributed by atoms with Gasteiger partial charge in [0.1, 0.15) is 5.75 Å². The van der Waals surface area contributed by atoms with E-state index in [-0.39, 0.29) is 18.2 Å². The van der Waals surface area contributed by atoms with Gasteiger partial charge in [-0.15, -0.1) is 0 Å². The Morgan fingerprint density at radius 1 is 1.07 bits per heavy atom. The van der Waals surface area contributed by atoms with Crippen molar-refractivity contribution in [3.8, 4) is 5.75 Å². The van der Waals surface area contributed by atoms with Crippen LogP contribution in [0, 0.1) is 10.1 Å². The van der Waals surface area contributed by atoms with Crippen LogP contribution >= 0.6 is 0 Å².